The first-order valence-corrected chi connectivity index (χ1v) is 11.4. The molecule has 156 valence electrons. The molecule has 0 aromatic carbocycles. The van der Waals surface area contributed by atoms with Crippen LogP contribution >= 0.6 is 11.3 Å². The zero-order valence-electron chi connectivity index (χ0n) is 17.6. The maximum absolute atomic E-state index is 13.7. The van der Waals surface area contributed by atoms with Crippen LogP contribution in [0, 0.1) is 11.8 Å². The van der Waals surface area contributed by atoms with Crippen LogP contribution in [-0.4, -0.2) is 36.1 Å². The summed E-state index contributed by atoms with van der Waals surface area (Å²) < 4.78 is 0. The highest BCUT2D eigenvalue weighted by atomic mass is 32.1. The van der Waals surface area contributed by atoms with Gasteiger partial charge >= 0.3 is 5.97 Å². The zero-order valence-corrected chi connectivity index (χ0v) is 18.4. The predicted molar refractivity (Wildman–Crippen MR) is 114 cm³/mol. The third-order valence-electron chi connectivity index (χ3n) is 6.18. The third-order valence-corrected chi connectivity index (χ3v) is 7.72. The lowest BCUT2D eigenvalue weighted by Crippen LogP contribution is -2.49. The highest BCUT2D eigenvalue weighted by Gasteiger charge is 2.37. The first kappa shape index (κ1) is 21.3. The minimum atomic E-state index is -0.931. The zero-order chi connectivity index (χ0) is 20.5. The number of piperidine rings is 1. The van der Waals surface area contributed by atoms with Crippen LogP contribution < -0.4 is 10.2 Å². The smallest absolute Gasteiger partial charge is 0.348 e. The number of carboxylic acids is 1. The van der Waals surface area contributed by atoms with Gasteiger partial charge in [-0.3, -0.25) is 4.79 Å². The van der Waals surface area contributed by atoms with Gasteiger partial charge < -0.3 is 15.3 Å². The van der Waals surface area contributed by atoms with Gasteiger partial charge in [-0.25, -0.2) is 4.79 Å². The van der Waals surface area contributed by atoms with Crippen molar-refractivity contribution in [3.05, 3.63) is 15.8 Å². The number of aromatic carboxylic acids is 1. The predicted octanol–water partition coefficient (Wildman–Crippen LogP) is 4.66. The van der Waals surface area contributed by atoms with E-state index in [1.807, 2.05) is 11.0 Å². The van der Waals surface area contributed by atoms with Gasteiger partial charge in [-0.05, 0) is 69.0 Å². The Morgan fingerprint density at radius 2 is 1.71 bits per heavy atom. The normalized spacial score (nSPS) is 24.1. The van der Waals surface area contributed by atoms with Gasteiger partial charge in [-0.1, -0.05) is 27.7 Å². The average molecular weight is 407 g/mol. The van der Waals surface area contributed by atoms with E-state index < -0.39 is 5.97 Å². The number of hydrogen-bond donors (Lipinski definition) is 2. The second-order valence-electron chi connectivity index (χ2n) is 9.53. The SMILES string of the molecule is CC1CCC(C(=O)N(c2cc(C(C)(C)C)sc2C(=O)O)C2CCNCC2)CC1. The Labute approximate surface area is 172 Å². The molecule has 0 atom stereocenters. The van der Waals surface area contributed by atoms with Gasteiger partial charge in [-0.15, -0.1) is 11.3 Å². The van der Waals surface area contributed by atoms with Crippen molar-refractivity contribution in [2.24, 2.45) is 11.8 Å². The summed E-state index contributed by atoms with van der Waals surface area (Å²) in [6.07, 6.45) is 5.74. The van der Waals surface area contributed by atoms with Crippen molar-refractivity contribution in [2.45, 2.75) is 77.7 Å². The van der Waals surface area contributed by atoms with Crippen molar-refractivity contribution in [3.8, 4) is 0 Å². The molecule has 1 aromatic rings. The maximum atomic E-state index is 13.7. The van der Waals surface area contributed by atoms with Crippen LogP contribution in [0.4, 0.5) is 5.69 Å². The summed E-state index contributed by atoms with van der Waals surface area (Å²) in [5.74, 6) is -0.0932. The molecule has 6 heteroatoms. The number of amides is 1. The Hall–Kier alpha value is -1.40. The van der Waals surface area contributed by atoms with Crippen molar-refractivity contribution >= 4 is 28.9 Å². The van der Waals surface area contributed by atoms with E-state index >= 15 is 0 Å². The standard InChI is InChI=1S/C22H34N2O3S/c1-14-5-7-15(8-6-14)20(25)24(16-9-11-23-12-10-16)17-13-18(22(2,3)4)28-19(17)21(26)27/h13-16,23H,5-12H2,1-4H3,(H,26,27). The molecule has 1 aromatic heterocycles. The number of carboxylic acid groups (broad SMARTS) is 1. The summed E-state index contributed by atoms with van der Waals surface area (Å²) in [7, 11) is 0. The van der Waals surface area contributed by atoms with E-state index in [4.69, 9.17) is 0 Å². The quantitative estimate of drug-likeness (QED) is 0.763. The van der Waals surface area contributed by atoms with Crippen molar-refractivity contribution in [2.75, 3.05) is 18.0 Å². The molecule has 2 aliphatic rings. The highest BCUT2D eigenvalue weighted by molar-refractivity contribution is 7.14. The molecule has 2 N–H and O–H groups in total. The van der Waals surface area contributed by atoms with E-state index in [1.165, 1.54) is 11.3 Å². The molecule has 0 spiro atoms. The van der Waals surface area contributed by atoms with E-state index in [0.717, 1.165) is 56.5 Å². The summed E-state index contributed by atoms with van der Waals surface area (Å²) >= 11 is 1.32. The molecule has 1 saturated heterocycles. The number of nitrogens with one attached hydrogen (secondary N) is 1. The minimum Gasteiger partial charge on any atom is -0.477 e. The van der Waals surface area contributed by atoms with Gasteiger partial charge in [0.25, 0.3) is 0 Å². The molecule has 2 fully saturated rings. The fourth-order valence-corrected chi connectivity index (χ4v) is 5.39. The van der Waals surface area contributed by atoms with Crippen LogP contribution in [0.1, 0.15) is 80.8 Å². The van der Waals surface area contributed by atoms with Gasteiger partial charge in [0.05, 0.1) is 5.69 Å². The number of hydrogen-bond acceptors (Lipinski definition) is 4. The molecular weight excluding hydrogens is 372 g/mol. The average Bonchev–Trinajstić information content (AvgIpc) is 3.09. The van der Waals surface area contributed by atoms with Crippen molar-refractivity contribution in [1.29, 1.82) is 0 Å². The Balaban J connectivity index is 2.00. The van der Waals surface area contributed by atoms with Crippen LogP contribution in [0.25, 0.3) is 0 Å². The lowest BCUT2D eigenvalue weighted by atomic mass is 9.82. The summed E-state index contributed by atoms with van der Waals surface area (Å²) in [6, 6.07) is 2.05. The van der Waals surface area contributed by atoms with Crippen LogP contribution in [0.3, 0.4) is 0 Å². The van der Waals surface area contributed by atoms with Gasteiger partial charge in [0.15, 0.2) is 0 Å². The molecule has 1 aliphatic carbocycles. The molecule has 1 aliphatic heterocycles. The number of nitrogens with zero attached hydrogens (tertiary/aromatic N) is 1. The molecule has 3 rings (SSSR count). The Bertz CT molecular complexity index is 708. The summed E-state index contributed by atoms with van der Waals surface area (Å²) in [5, 5.41) is 13.2. The Kier molecular flexibility index (Phi) is 6.50. The number of thiophene rings is 1. The monoisotopic (exact) mass is 406 g/mol. The first-order chi connectivity index (χ1) is 13.2. The van der Waals surface area contributed by atoms with E-state index in [-0.39, 0.29) is 23.3 Å². The minimum absolute atomic E-state index is 0.0192. The molecule has 5 nitrogen and oxygen atoms in total. The second-order valence-corrected chi connectivity index (χ2v) is 10.6. The summed E-state index contributed by atoms with van der Waals surface area (Å²) in [6.45, 7) is 10.3. The van der Waals surface area contributed by atoms with Gasteiger partial charge in [-0.2, -0.15) is 0 Å². The van der Waals surface area contributed by atoms with Crippen LogP contribution in [-0.2, 0) is 10.2 Å². The molecule has 0 unspecified atom stereocenters. The third kappa shape index (κ3) is 4.60. The van der Waals surface area contributed by atoms with Gasteiger partial charge in [0, 0.05) is 16.8 Å². The summed E-state index contributed by atoms with van der Waals surface area (Å²) in [4.78, 5) is 28.9. The van der Waals surface area contributed by atoms with Crippen LogP contribution in [0.5, 0.6) is 0 Å². The number of carbonyl (C=O) groups excluding carboxylic acids is 1. The fourth-order valence-electron chi connectivity index (χ4n) is 4.35. The van der Waals surface area contributed by atoms with Gasteiger partial charge in [0.1, 0.15) is 4.88 Å². The fraction of sp³-hybridized carbons (Fsp3) is 0.727. The Morgan fingerprint density at radius 1 is 1.11 bits per heavy atom. The molecular formula is C22H34N2O3S. The highest BCUT2D eigenvalue weighted by Crippen LogP contribution is 2.40. The van der Waals surface area contributed by atoms with Gasteiger partial charge in [0.2, 0.25) is 5.91 Å². The first-order valence-electron chi connectivity index (χ1n) is 10.6. The lowest BCUT2D eigenvalue weighted by molar-refractivity contribution is -0.124. The molecule has 0 bridgehead atoms. The molecule has 2 heterocycles. The van der Waals surface area contributed by atoms with Crippen molar-refractivity contribution in [3.63, 3.8) is 0 Å². The number of carbonyl (C=O) groups is 2. The second kappa shape index (κ2) is 8.54. The molecule has 28 heavy (non-hydrogen) atoms. The molecule has 1 saturated carbocycles. The maximum Gasteiger partial charge on any atom is 0.348 e. The molecule has 1 amide bonds. The van der Waals surface area contributed by atoms with Crippen molar-refractivity contribution in [1.82, 2.24) is 5.32 Å². The van der Waals surface area contributed by atoms with E-state index in [2.05, 4.69) is 33.0 Å². The van der Waals surface area contributed by atoms with E-state index in [0.29, 0.717) is 16.5 Å². The Morgan fingerprint density at radius 3 is 2.25 bits per heavy atom. The van der Waals surface area contributed by atoms with Crippen LogP contribution in [0.2, 0.25) is 0 Å². The van der Waals surface area contributed by atoms with Crippen molar-refractivity contribution < 1.29 is 14.7 Å². The topological polar surface area (TPSA) is 69.6 Å². The summed E-state index contributed by atoms with van der Waals surface area (Å²) in [5.41, 5.74) is 0.480. The molecule has 0 radical (unpaired) electrons. The number of rotatable bonds is 4. The van der Waals surface area contributed by atoms with E-state index in [1.54, 1.807) is 0 Å². The van der Waals surface area contributed by atoms with Crippen LogP contribution in [0.15, 0.2) is 6.07 Å². The van der Waals surface area contributed by atoms with E-state index in [9.17, 15) is 14.7 Å². The number of anilines is 1. The largest absolute Gasteiger partial charge is 0.477 e. The lowest BCUT2D eigenvalue weighted by Gasteiger charge is -2.38.